The summed E-state index contributed by atoms with van der Waals surface area (Å²) < 4.78 is 5.25. The van der Waals surface area contributed by atoms with Crippen molar-refractivity contribution in [3.63, 3.8) is 0 Å². The van der Waals surface area contributed by atoms with Gasteiger partial charge >= 0.3 is 0 Å². The number of hydrogen-bond donors (Lipinski definition) is 2. The summed E-state index contributed by atoms with van der Waals surface area (Å²) in [6, 6.07) is 0. The standard InChI is InChI=1S/C6H13NO2/c1-4-6(8)2-5(3-7)9-4/h4-6,8H,2-3,7H2,1H3/t4-,5-,6+/m0/s1. The molecule has 1 saturated heterocycles. The van der Waals surface area contributed by atoms with Crippen LogP contribution in [0.25, 0.3) is 0 Å². The number of hydrogen-bond acceptors (Lipinski definition) is 3. The Morgan fingerprint density at radius 1 is 1.78 bits per heavy atom. The van der Waals surface area contributed by atoms with Gasteiger partial charge in [0.15, 0.2) is 0 Å². The van der Waals surface area contributed by atoms with Crippen molar-refractivity contribution in [2.75, 3.05) is 6.54 Å². The van der Waals surface area contributed by atoms with E-state index in [4.69, 9.17) is 15.6 Å². The monoisotopic (exact) mass is 131 g/mol. The second kappa shape index (κ2) is 2.64. The van der Waals surface area contributed by atoms with Gasteiger partial charge in [-0.3, -0.25) is 0 Å². The van der Waals surface area contributed by atoms with Crippen LogP contribution in [0.4, 0.5) is 0 Å². The Kier molecular flexibility index (Phi) is 2.05. The van der Waals surface area contributed by atoms with Crippen LogP contribution in [-0.4, -0.2) is 30.0 Å². The summed E-state index contributed by atoms with van der Waals surface area (Å²) in [5.74, 6) is 0. The molecule has 3 nitrogen and oxygen atoms in total. The normalized spacial score (nSPS) is 43.7. The van der Waals surface area contributed by atoms with Gasteiger partial charge in [0.2, 0.25) is 0 Å². The second-order valence-electron chi connectivity index (χ2n) is 2.50. The second-order valence-corrected chi connectivity index (χ2v) is 2.50. The molecule has 0 spiro atoms. The zero-order chi connectivity index (χ0) is 6.85. The molecule has 3 heteroatoms. The highest BCUT2D eigenvalue weighted by molar-refractivity contribution is 4.78. The molecule has 0 aliphatic carbocycles. The summed E-state index contributed by atoms with van der Waals surface area (Å²) in [4.78, 5) is 0. The van der Waals surface area contributed by atoms with Gasteiger partial charge < -0.3 is 15.6 Å². The average Bonchev–Trinajstić information content (AvgIpc) is 2.13. The summed E-state index contributed by atoms with van der Waals surface area (Å²) in [7, 11) is 0. The van der Waals surface area contributed by atoms with Crippen LogP contribution in [-0.2, 0) is 4.74 Å². The van der Waals surface area contributed by atoms with E-state index in [1.807, 2.05) is 6.92 Å². The van der Waals surface area contributed by atoms with E-state index in [1.165, 1.54) is 0 Å². The molecule has 1 fully saturated rings. The maximum Gasteiger partial charge on any atom is 0.0824 e. The first-order valence-corrected chi connectivity index (χ1v) is 3.27. The molecule has 3 atom stereocenters. The van der Waals surface area contributed by atoms with Gasteiger partial charge in [-0.1, -0.05) is 0 Å². The topological polar surface area (TPSA) is 55.5 Å². The van der Waals surface area contributed by atoms with Crippen molar-refractivity contribution in [2.45, 2.75) is 31.7 Å². The first kappa shape index (κ1) is 6.99. The van der Waals surface area contributed by atoms with Gasteiger partial charge in [0.1, 0.15) is 0 Å². The highest BCUT2D eigenvalue weighted by Gasteiger charge is 2.29. The summed E-state index contributed by atoms with van der Waals surface area (Å²) in [5.41, 5.74) is 5.32. The smallest absolute Gasteiger partial charge is 0.0824 e. The molecule has 1 aliphatic heterocycles. The molecule has 0 saturated carbocycles. The van der Waals surface area contributed by atoms with Gasteiger partial charge in [0.05, 0.1) is 18.3 Å². The lowest BCUT2D eigenvalue weighted by molar-refractivity contribution is 0.0255. The zero-order valence-corrected chi connectivity index (χ0v) is 5.58. The van der Waals surface area contributed by atoms with Gasteiger partial charge in [-0.15, -0.1) is 0 Å². The lowest BCUT2D eigenvalue weighted by Gasteiger charge is -2.06. The molecule has 1 heterocycles. The van der Waals surface area contributed by atoms with Crippen molar-refractivity contribution in [1.29, 1.82) is 0 Å². The molecular weight excluding hydrogens is 118 g/mol. The van der Waals surface area contributed by atoms with Crippen LogP contribution in [0.3, 0.4) is 0 Å². The molecule has 0 aromatic carbocycles. The molecule has 1 rings (SSSR count). The van der Waals surface area contributed by atoms with E-state index >= 15 is 0 Å². The molecule has 1 aliphatic rings. The van der Waals surface area contributed by atoms with Crippen molar-refractivity contribution in [2.24, 2.45) is 5.73 Å². The summed E-state index contributed by atoms with van der Waals surface area (Å²) in [5, 5.41) is 9.12. The molecule has 0 aromatic rings. The predicted octanol–water partition coefficient (Wildman–Crippen LogP) is -0.517. The van der Waals surface area contributed by atoms with Crippen LogP contribution in [0.1, 0.15) is 13.3 Å². The fourth-order valence-corrected chi connectivity index (χ4v) is 1.06. The van der Waals surface area contributed by atoms with E-state index in [-0.39, 0.29) is 18.3 Å². The number of ether oxygens (including phenoxy) is 1. The van der Waals surface area contributed by atoms with Gasteiger partial charge in [-0.05, 0) is 6.92 Å². The van der Waals surface area contributed by atoms with Gasteiger partial charge in [0.25, 0.3) is 0 Å². The van der Waals surface area contributed by atoms with Crippen LogP contribution in [0.15, 0.2) is 0 Å². The number of aliphatic hydroxyl groups is 1. The number of rotatable bonds is 1. The molecule has 0 bridgehead atoms. The van der Waals surface area contributed by atoms with E-state index in [1.54, 1.807) is 0 Å². The van der Waals surface area contributed by atoms with Gasteiger partial charge in [-0.25, -0.2) is 0 Å². The highest BCUT2D eigenvalue weighted by atomic mass is 16.5. The quantitative estimate of drug-likeness (QED) is 0.503. The van der Waals surface area contributed by atoms with Crippen molar-refractivity contribution in [3.8, 4) is 0 Å². The van der Waals surface area contributed by atoms with E-state index in [0.717, 1.165) is 0 Å². The third kappa shape index (κ3) is 1.41. The third-order valence-electron chi connectivity index (χ3n) is 1.72. The van der Waals surface area contributed by atoms with E-state index in [9.17, 15) is 0 Å². The van der Waals surface area contributed by atoms with Crippen molar-refractivity contribution >= 4 is 0 Å². The third-order valence-corrected chi connectivity index (χ3v) is 1.72. The molecule has 0 radical (unpaired) electrons. The molecular formula is C6H13NO2. The van der Waals surface area contributed by atoms with Crippen LogP contribution in [0.5, 0.6) is 0 Å². The predicted molar refractivity (Wildman–Crippen MR) is 34.0 cm³/mol. The molecule has 0 amide bonds. The molecule has 3 N–H and O–H groups in total. The Labute approximate surface area is 54.8 Å². The molecule has 0 aromatic heterocycles. The van der Waals surface area contributed by atoms with Crippen LogP contribution in [0.2, 0.25) is 0 Å². The van der Waals surface area contributed by atoms with Gasteiger partial charge in [0, 0.05) is 13.0 Å². The maximum atomic E-state index is 9.12. The molecule has 54 valence electrons. The largest absolute Gasteiger partial charge is 0.390 e. The average molecular weight is 131 g/mol. The van der Waals surface area contributed by atoms with Crippen LogP contribution in [0, 0.1) is 0 Å². The zero-order valence-electron chi connectivity index (χ0n) is 5.58. The number of nitrogens with two attached hydrogens (primary N) is 1. The summed E-state index contributed by atoms with van der Waals surface area (Å²) >= 11 is 0. The minimum atomic E-state index is -0.307. The van der Waals surface area contributed by atoms with Crippen LogP contribution < -0.4 is 5.73 Å². The fraction of sp³-hybridized carbons (Fsp3) is 1.00. The summed E-state index contributed by atoms with van der Waals surface area (Å²) in [6.45, 7) is 2.38. The SMILES string of the molecule is C[C@@H]1O[C@H](CN)C[C@H]1O. The van der Waals surface area contributed by atoms with Gasteiger partial charge in [-0.2, -0.15) is 0 Å². The highest BCUT2D eigenvalue weighted by Crippen LogP contribution is 2.18. The maximum absolute atomic E-state index is 9.12. The minimum absolute atomic E-state index is 0.0291. The van der Waals surface area contributed by atoms with E-state index in [0.29, 0.717) is 13.0 Å². The Morgan fingerprint density at radius 3 is 2.67 bits per heavy atom. The molecule has 0 unspecified atom stereocenters. The Hall–Kier alpha value is -0.120. The first-order valence-electron chi connectivity index (χ1n) is 3.27. The van der Waals surface area contributed by atoms with Crippen molar-refractivity contribution < 1.29 is 9.84 Å². The lowest BCUT2D eigenvalue weighted by atomic mass is 10.1. The number of aliphatic hydroxyl groups excluding tert-OH is 1. The lowest BCUT2D eigenvalue weighted by Crippen LogP contribution is -2.19. The Morgan fingerprint density at radius 2 is 2.44 bits per heavy atom. The molecule has 9 heavy (non-hydrogen) atoms. The van der Waals surface area contributed by atoms with Crippen molar-refractivity contribution in [1.82, 2.24) is 0 Å². The van der Waals surface area contributed by atoms with E-state index < -0.39 is 0 Å². The Balaban J connectivity index is 2.35. The van der Waals surface area contributed by atoms with E-state index in [2.05, 4.69) is 0 Å². The summed E-state index contributed by atoms with van der Waals surface area (Å²) in [6.07, 6.45) is 0.435. The van der Waals surface area contributed by atoms with Crippen molar-refractivity contribution in [3.05, 3.63) is 0 Å². The minimum Gasteiger partial charge on any atom is -0.390 e. The Bertz CT molecular complexity index is 87.1. The fourth-order valence-electron chi connectivity index (χ4n) is 1.06. The van der Waals surface area contributed by atoms with Crippen LogP contribution >= 0.6 is 0 Å². The first-order chi connectivity index (χ1) is 4.24.